The first-order valence-electron chi connectivity index (χ1n) is 20.3. The Bertz CT molecular complexity index is 1380. The molecule has 0 amide bonds. The van der Waals surface area contributed by atoms with Crippen molar-refractivity contribution >= 4 is 16.9 Å². The molecule has 3 aromatic rings. The van der Waals surface area contributed by atoms with Gasteiger partial charge in [-0.1, -0.05) is 98.3 Å². The van der Waals surface area contributed by atoms with Gasteiger partial charge in [0.1, 0.15) is 28.4 Å². The third-order valence-electron chi connectivity index (χ3n) is 8.16. The summed E-state index contributed by atoms with van der Waals surface area (Å²) in [5.41, 5.74) is 0. The molecule has 0 fully saturated rings. The normalized spacial score (nSPS) is 11.1. The van der Waals surface area contributed by atoms with Crippen molar-refractivity contribution in [1.29, 1.82) is 0 Å². The van der Waals surface area contributed by atoms with Crippen molar-refractivity contribution in [2.45, 2.75) is 139 Å². The third-order valence-corrected chi connectivity index (χ3v) is 10.5. The lowest BCUT2D eigenvalue weighted by Gasteiger charge is -2.22. The van der Waals surface area contributed by atoms with Crippen molar-refractivity contribution in [2.24, 2.45) is 0 Å². The summed E-state index contributed by atoms with van der Waals surface area (Å²) in [6, 6.07) is 18.9. The number of ether oxygens (including phenoxy) is 6. The van der Waals surface area contributed by atoms with Crippen LogP contribution in [0.5, 0.6) is 34.5 Å². The summed E-state index contributed by atoms with van der Waals surface area (Å²) in [7, 11) is -0.725. The maximum absolute atomic E-state index is 10.5. The second-order valence-electron chi connectivity index (χ2n) is 13.1. The van der Waals surface area contributed by atoms with Gasteiger partial charge in [0.15, 0.2) is 27.9 Å². The van der Waals surface area contributed by atoms with Gasteiger partial charge in [0, 0.05) is 24.3 Å². The van der Waals surface area contributed by atoms with E-state index in [-0.39, 0.29) is 0 Å². The highest BCUT2D eigenvalue weighted by Crippen LogP contribution is 2.51. The zero-order valence-electron chi connectivity index (χ0n) is 34.2. The molecule has 0 saturated heterocycles. The highest BCUT2D eigenvalue weighted by molar-refractivity contribution is 7.97. The van der Waals surface area contributed by atoms with Gasteiger partial charge in [-0.25, -0.2) is 0 Å². The summed E-state index contributed by atoms with van der Waals surface area (Å²) in [4.78, 5) is 11.9. The van der Waals surface area contributed by atoms with E-state index in [1.54, 1.807) is 0 Å². The average molecular weight is 809 g/mol. The number of rotatable bonds is 27. The number of alkyl halides is 3. The molecule has 3 rings (SSSR count). The summed E-state index contributed by atoms with van der Waals surface area (Å²) in [5.74, 6) is 1.65. The quantitative estimate of drug-likeness (QED) is 0.0555. The van der Waals surface area contributed by atoms with Crippen molar-refractivity contribution in [3.05, 3.63) is 54.6 Å². The molecular weight excluding hydrogens is 746 g/mol. The number of carboxylic acid groups (broad SMARTS) is 1. The van der Waals surface area contributed by atoms with Crippen LogP contribution in [0.4, 0.5) is 13.2 Å². The number of aliphatic carboxylic acids is 1. The molecule has 0 heterocycles. The largest absolute Gasteiger partial charge is 0.542 e. The van der Waals surface area contributed by atoms with Crippen LogP contribution in [-0.4, -0.2) is 51.8 Å². The molecular formula is C44H63F3O8S. The maximum Gasteiger partial charge on any atom is 0.430 e. The van der Waals surface area contributed by atoms with Crippen molar-refractivity contribution in [3.63, 3.8) is 0 Å². The minimum absolute atomic E-state index is 0.603. The van der Waals surface area contributed by atoms with Crippen molar-refractivity contribution in [3.8, 4) is 34.5 Å². The first kappa shape index (κ1) is 48.2. The van der Waals surface area contributed by atoms with E-state index in [9.17, 15) is 13.2 Å². The van der Waals surface area contributed by atoms with Crippen LogP contribution in [0, 0.1) is 0 Å². The van der Waals surface area contributed by atoms with Gasteiger partial charge < -0.3 is 38.3 Å². The Morgan fingerprint density at radius 2 is 0.786 bits per heavy atom. The summed E-state index contributed by atoms with van der Waals surface area (Å²) in [5, 5.41) is 8.78. The Hall–Kier alpha value is -3.93. The first-order chi connectivity index (χ1) is 27.1. The summed E-state index contributed by atoms with van der Waals surface area (Å²) < 4.78 is 71.0. The van der Waals surface area contributed by atoms with Gasteiger partial charge in [0.25, 0.3) is 9.79 Å². The lowest BCUT2D eigenvalue weighted by Crippen LogP contribution is -2.37. The second-order valence-corrected chi connectivity index (χ2v) is 15.0. The fourth-order valence-electron chi connectivity index (χ4n) is 4.97. The predicted octanol–water partition coefficient (Wildman–Crippen LogP) is 11.2. The average Bonchev–Trinajstić information content (AvgIpc) is 3.17. The number of carboxylic acids is 1. The van der Waals surface area contributed by atoms with Crippen LogP contribution in [0.25, 0.3) is 0 Å². The maximum atomic E-state index is 10.5. The predicted molar refractivity (Wildman–Crippen MR) is 215 cm³/mol. The SMILES string of the molecule is CCCCOc1cc(OCCCC)c([S+](c2ccccc2)c2c(OCCCC)cc(OCCCC)cc2OCCCC)c(OCCCC)c1.O=C([O-])C(F)(F)F. The molecule has 0 bridgehead atoms. The number of unbranched alkanes of at least 4 members (excludes halogenated alkanes) is 6. The Morgan fingerprint density at radius 1 is 0.518 bits per heavy atom. The van der Waals surface area contributed by atoms with Crippen LogP contribution in [-0.2, 0) is 15.7 Å². The number of benzene rings is 3. The van der Waals surface area contributed by atoms with Crippen molar-refractivity contribution in [2.75, 3.05) is 39.6 Å². The van der Waals surface area contributed by atoms with Crippen LogP contribution in [0.15, 0.2) is 69.3 Å². The molecule has 12 heteroatoms. The molecule has 0 unspecified atom stereocenters. The zero-order valence-corrected chi connectivity index (χ0v) is 35.0. The van der Waals surface area contributed by atoms with Gasteiger partial charge in [0.05, 0.1) is 39.6 Å². The van der Waals surface area contributed by atoms with Crippen LogP contribution in [0.2, 0.25) is 0 Å². The van der Waals surface area contributed by atoms with Gasteiger partial charge >= 0.3 is 6.18 Å². The number of carbonyl (C=O) groups is 1. The Labute approximate surface area is 335 Å². The van der Waals surface area contributed by atoms with Gasteiger partial charge in [-0.3, -0.25) is 0 Å². The third kappa shape index (κ3) is 17.1. The molecule has 0 N–H and O–H groups in total. The summed E-state index contributed by atoms with van der Waals surface area (Å²) in [6.07, 6.45) is 6.86. The van der Waals surface area contributed by atoms with E-state index in [2.05, 4.69) is 96.1 Å². The minimum atomic E-state index is -5.19. The van der Waals surface area contributed by atoms with E-state index >= 15 is 0 Å². The lowest BCUT2D eigenvalue weighted by atomic mass is 10.2. The van der Waals surface area contributed by atoms with Crippen LogP contribution >= 0.6 is 0 Å². The standard InChI is InChI=1S/C42H63O6S.C2HF3O2/c1-7-13-24-43-34-30-37(45-26-15-9-3)41(38(31-34)46-27-16-10-4)49(36-22-20-19-21-23-36)42-39(47-28-17-11-5)32-35(44-25-14-8-2)33-40(42)48-29-18-12-6;3-2(4,5)1(6)7/h19-23,30-33H,7-18,24-29H2,1-6H3;(H,6,7)/q+1;/p-1. The Morgan fingerprint density at radius 3 is 1.04 bits per heavy atom. The number of halogens is 3. The Kier molecular flexibility index (Phi) is 23.8. The van der Waals surface area contributed by atoms with Crippen LogP contribution in [0.1, 0.15) is 119 Å². The van der Waals surface area contributed by atoms with Gasteiger partial charge in [-0.15, -0.1) is 0 Å². The van der Waals surface area contributed by atoms with Crippen molar-refractivity contribution < 1.29 is 51.5 Å². The molecule has 8 nitrogen and oxygen atoms in total. The topological polar surface area (TPSA) is 95.5 Å². The zero-order chi connectivity index (χ0) is 41.2. The van der Waals surface area contributed by atoms with Gasteiger partial charge in [-0.05, 0) is 50.7 Å². The molecule has 0 aromatic heterocycles. The summed E-state index contributed by atoms with van der Waals surface area (Å²) in [6.45, 7) is 16.8. The highest BCUT2D eigenvalue weighted by Gasteiger charge is 2.42. The monoisotopic (exact) mass is 808 g/mol. The number of hydrogen-bond donors (Lipinski definition) is 0. The van der Waals surface area contributed by atoms with Crippen LogP contribution in [0.3, 0.4) is 0 Å². The molecule has 0 radical (unpaired) electrons. The van der Waals surface area contributed by atoms with E-state index in [4.69, 9.17) is 38.3 Å². The Balaban J connectivity index is 0.00000141. The number of carbonyl (C=O) groups excluding carboxylic acids is 1. The molecule has 314 valence electrons. The van der Waals surface area contributed by atoms with E-state index in [0.29, 0.717) is 39.6 Å². The lowest BCUT2D eigenvalue weighted by molar-refractivity contribution is -0.344. The second kappa shape index (κ2) is 27.6. The van der Waals surface area contributed by atoms with E-state index in [1.807, 2.05) is 0 Å². The van der Waals surface area contributed by atoms with E-state index in [0.717, 1.165) is 126 Å². The molecule has 0 aliphatic carbocycles. The smallest absolute Gasteiger partial charge is 0.430 e. The van der Waals surface area contributed by atoms with E-state index < -0.39 is 23.0 Å². The minimum Gasteiger partial charge on any atom is -0.542 e. The fourth-order valence-corrected chi connectivity index (χ4v) is 7.35. The molecule has 56 heavy (non-hydrogen) atoms. The van der Waals surface area contributed by atoms with Crippen molar-refractivity contribution in [1.82, 2.24) is 0 Å². The molecule has 0 aliphatic rings. The van der Waals surface area contributed by atoms with E-state index in [1.165, 1.54) is 0 Å². The molecule has 0 spiro atoms. The molecule has 3 aromatic carbocycles. The molecule has 0 atom stereocenters. The molecule has 0 aliphatic heterocycles. The number of hydrogen-bond acceptors (Lipinski definition) is 8. The molecule has 0 saturated carbocycles. The summed E-state index contributed by atoms with van der Waals surface area (Å²) >= 11 is 0. The fraction of sp³-hybridized carbons (Fsp3) is 0.568. The van der Waals surface area contributed by atoms with Gasteiger partial charge in [-0.2, -0.15) is 13.2 Å². The van der Waals surface area contributed by atoms with Crippen LogP contribution < -0.4 is 33.5 Å². The first-order valence-corrected chi connectivity index (χ1v) is 21.5. The highest BCUT2D eigenvalue weighted by atomic mass is 32.2. The van der Waals surface area contributed by atoms with Gasteiger partial charge in [0.2, 0.25) is 0 Å².